The van der Waals surface area contributed by atoms with E-state index >= 15 is 0 Å². The van der Waals surface area contributed by atoms with Crippen LogP contribution in [-0.4, -0.2) is 41.7 Å². The van der Waals surface area contributed by atoms with Crippen molar-refractivity contribution in [3.05, 3.63) is 11.9 Å². The van der Waals surface area contributed by atoms with Gasteiger partial charge in [-0.05, 0) is 36.7 Å². The van der Waals surface area contributed by atoms with Crippen molar-refractivity contribution in [2.24, 2.45) is 5.92 Å². The molecular weight excluding hydrogens is 284 g/mol. The lowest BCUT2D eigenvalue weighted by Crippen LogP contribution is -2.20. The van der Waals surface area contributed by atoms with E-state index in [9.17, 15) is 0 Å². The Kier molecular flexibility index (Phi) is 7.09. The largest absolute Gasteiger partial charge is 0.377 e. The van der Waals surface area contributed by atoms with Crippen molar-refractivity contribution in [3.63, 3.8) is 0 Å². The first-order valence-electron chi connectivity index (χ1n) is 7.74. The minimum Gasteiger partial charge on any atom is -0.377 e. The van der Waals surface area contributed by atoms with Crippen molar-refractivity contribution >= 4 is 23.4 Å². The van der Waals surface area contributed by atoms with E-state index < -0.39 is 0 Å². The number of hydrogen-bond donors (Lipinski definition) is 2. The summed E-state index contributed by atoms with van der Waals surface area (Å²) >= 11 is 2.06. The van der Waals surface area contributed by atoms with Gasteiger partial charge < -0.3 is 15.4 Å². The topological polar surface area (TPSA) is 59.1 Å². The fourth-order valence-corrected chi connectivity index (χ4v) is 3.53. The summed E-state index contributed by atoms with van der Waals surface area (Å²) in [5.41, 5.74) is 0. The smallest absolute Gasteiger partial charge is 0.158 e. The van der Waals surface area contributed by atoms with Gasteiger partial charge in [0, 0.05) is 26.3 Å². The maximum absolute atomic E-state index is 5.15. The standard InChI is InChI=1S/C15H26N4OS/c1-3-6-16-13-9-14(19-15(18-13)11-20-2)17-10-12-4-7-21-8-5-12/h9,12H,3-8,10-11H2,1-2H3,(H2,16,17,18,19). The Morgan fingerprint density at radius 1 is 1.24 bits per heavy atom. The number of rotatable bonds is 8. The maximum atomic E-state index is 5.15. The molecule has 5 nitrogen and oxygen atoms in total. The number of methoxy groups -OCH3 is 1. The lowest BCUT2D eigenvalue weighted by molar-refractivity contribution is 0.178. The molecule has 2 N–H and O–H groups in total. The molecule has 1 aliphatic rings. The third kappa shape index (κ3) is 5.71. The van der Waals surface area contributed by atoms with Gasteiger partial charge in [-0.15, -0.1) is 0 Å². The highest BCUT2D eigenvalue weighted by Crippen LogP contribution is 2.23. The molecule has 0 saturated carbocycles. The first-order valence-corrected chi connectivity index (χ1v) is 8.89. The summed E-state index contributed by atoms with van der Waals surface area (Å²) in [6, 6.07) is 1.99. The molecule has 21 heavy (non-hydrogen) atoms. The number of nitrogens with one attached hydrogen (secondary N) is 2. The molecule has 1 aromatic heterocycles. The molecule has 0 spiro atoms. The maximum Gasteiger partial charge on any atom is 0.158 e. The molecule has 1 saturated heterocycles. The Balaban J connectivity index is 1.96. The second-order valence-corrected chi connectivity index (χ2v) is 6.58. The highest BCUT2D eigenvalue weighted by molar-refractivity contribution is 7.99. The van der Waals surface area contributed by atoms with Crippen molar-refractivity contribution < 1.29 is 4.74 Å². The number of thioether (sulfide) groups is 1. The van der Waals surface area contributed by atoms with Gasteiger partial charge in [-0.25, -0.2) is 9.97 Å². The van der Waals surface area contributed by atoms with Gasteiger partial charge in [-0.3, -0.25) is 0 Å². The van der Waals surface area contributed by atoms with Crippen LogP contribution in [0.15, 0.2) is 6.07 Å². The zero-order valence-corrected chi connectivity index (χ0v) is 13.8. The summed E-state index contributed by atoms with van der Waals surface area (Å²) in [6.07, 6.45) is 3.68. The highest BCUT2D eigenvalue weighted by Gasteiger charge is 2.14. The van der Waals surface area contributed by atoms with Crippen LogP contribution in [0, 0.1) is 5.92 Å². The fourth-order valence-electron chi connectivity index (χ4n) is 2.32. The molecule has 0 unspecified atom stereocenters. The lowest BCUT2D eigenvalue weighted by Gasteiger charge is -2.22. The Hall–Kier alpha value is -1.01. The Morgan fingerprint density at radius 3 is 2.62 bits per heavy atom. The number of anilines is 2. The highest BCUT2D eigenvalue weighted by atomic mass is 32.2. The summed E-state index contributed by atoms with van der Waals surface area (Å²) in [6.45, 7) is 4.50. The van der Waals surface area contributed by atoms with Crippen molar-refractivity contribution in [1.29, 1.82) is 0 Å². The van der Waals surface area contributed by atoms with Crippen molar-refractivity contribution in [1.82, 2.24) is 9.97 Å². The number of nitrogens with zero attached hydrogens (tertiary/aromatic N) is 2. The number of ether oxygens (including phenoxy) is 1. The second kappa shape index (κ2) is 9.10. The average molecular weight is 310 g/mol. The van der Waals surface area contributed by atoms with Crippen LogP contribution < -0.4 is 10.6 Å². The van der Waals surface area contributed by atoms with Crippen molar-refractivity contribution in [2.75, 3.05) is 42.3 Å². The Morgan fingerprint density at radius 2 is 1.95 bits per heavy atom. The minimum atomic E-state index is 0.441. The van der Waals surface area contributed by atoms with Gasteiger partial charge in [0.1, 0.15) is 18.2 Å². The summed E-state index contributed by atoms with van der Waals surface area (Å²) in [5, 5.41) is 6.80. The van der Waals surface area contributed by atoms with Crippen LogP contribution in [0.1, 0.15) is 32.0 Å². The van der Waals surface area contributed by atoms with Crippen LogP contribution in [-0.2, 0) is 11.3 Å². The van der Waals surface area contributed by atoms with Gasteiger partial charge in [0.05, 0.1) is 0 Å². The Labute approximate surface area is 131 Å². The lowest BCUT2D eigenvalue weighted by atomic mass is 10.0. The normalized spacial score (nSPS) is 15.9. The van der Waals surface area contributed by atoms with Crippen LogP contribution in [0.4, 0.5) is 11.6 Å². The van der Waals surface area contributed by atoms with Gasteiger partial charge in [0.15, 0.2) is 5.82 Å². The molecule has 0 atom stereocenters. The molecule has 0 aromatic carbocycles. The molecule has 1 aromatic rings. The van der Waals surface area contributed by atoms with E-state index in [0.717, 1.165) is 42.9 Å². The van der Waals surface area contributed by atoms with Gasteiger partial charge >= 0.3 is 0 Å². The quantitative estimate of drug-likeness (QED) is 0.770. The summed E-state index contributed by atoms with van der Waals surface area (Å²) in [7, 11) is 1.67. The fraction of sp³-hybridized carbons (Fsp3) is 0.733. The van der Waals surface area contributed by atoms with Crippen LogP contribution in [0.25, 0.3) is 0 Å². The van der Waals surface area contributed by atoms with Crippen molar-refractivity contribution in [2.45, 2.75) is 32.8 Å². The van der Waals surface area contributed by atoms with E-state index in [1.807, 2.05) is 6.07 Å². The minimum absolute atomic E-state index is 0.441. The second-order valence-electron chi connectivity index (χ2n) is 5.35. The molecule has 0 aliphatic carbocycles. The zero-order valence-electron chi connectivity index (χ0n) is 13.0. The molecule has 1 aliphatic heterocycles. The molecule has 0 amide bonds. The third-order valence-corrected chi connectivity index (χ3v) is 4.56. The summed E-state index contributed by atoms with van der Waals surface area (Å²) in [4.78, 5) is 8.99. The first-order chi connectivity index (χ1) is 10.3. The predicted octanol–water partition coefficient (Wildman–Crippen LogP) is 3.00. The Bertz CT molecular complexity index is 424. The molecule has 2 rings (SSSR count). The molecule has 0 bridgehead atoms. The van der Waals surface area contributed by atoms with Gasteiger partial charge in [-0.2, -0.15) is 11.8 Å². The monoisotopic (exact) mass is 310 g/mol. The molecular formula is C15H26N4OS. The van der Waals surface area contributed by atoms with E-state index in [1.165, 1.54) is 24.3 Å². The van der Waals surface area contributed by atoms with E-state index in [1.54, 1.807) is 7.11 Å². The van der Waals surface area contributed by atoms with Crippen molar-refractivity contribution in [3.8, 4) is 0 Å². The summed E-state index contributed by atoms with van der Waals surface area (Å²) in [5.74, 6) is 5.83. The predicted molar refractivity (Wildman–Crippen MR) is 90.1 cm³/mol. The zero-order chi connectivity index (χ0) is 14.9. The van der Waals surface area contributed by atoms with E-state index in [2.05, 4.69) is 39.3 Å². The first kappa shape index (κ1) is 16.4. The van der Waals surface area contributed by atoms with Gasteiger partial charge in [0.25, 0.3) is 0 Å². The molecule has 0 radical (unpaired) electrons. The number of hydrogen-bond acceptors (Lipinski definition) is 6. The molecule has 118 valence electrons. The van der Waals surface area contributed by atoms with E-state index in [-0.39, 0.29) is 0 Å². The average Bonchev–Trinajstić information content (AvgIpc) is 2.52. The van der Waals surface area contributed by atoms with E-state index in [0.29, 0.717) is 6.61 Å². The SMILES string of the molecule is CCCNc1cc(NCC2CCSCC2)nc(COC)n1. The molecule has 2 heterocycles. The molecule has 6 heteroatoms. The van der Waals surface area contributed by atoms with Crippen LogP contribution in [0.5, 0.6) is 0 Å². The third-order valence-electron chi connectivity index (χ3n) is 3.51. The number of aromatic nitrogens is 2. The molecule has 1 fully saturated rings. The van der Waals surface area contributed by atoms with E-state index in [4.69, 9.17) is 4.74 Å². The summed E-state index contributed by atoms with van der Waals surface area (Å²) < 4.78 is 5.15. The van der Waals surface area contributed by atoms with Crippen LogP contribution in [0.2, 0.25) is 0 Å². The van der Waals surface area contributed by atoms with Crippen LogP contribution >= 0.6 is 11.8 Å². The van der Waals surface area contributed by atoms with Gasteiger partial charge in [0.2, 0.25) is 0 Å². The van der Waals surface area contributed by atoms with Gasteiger partial charge in [-0.1, -0.05) is 6.92 Å². The van der Waals surface area contributed by atoms with Crippen LogP contribution in [0.3, 0.4) is 0 Å².